The van der Waals surface area contributed by atoms with Crippen LogP contribution in [0.3, 0.4) is 0 Å². The smallest absolute Gasteiger partial charge is 0.191 e. The Hall–Kier alpha value is -2.76. The van der Waals surface area contributed by atoms with Crippen LogP contribution in [0, 0.1) is 0 Å². The first-order valence-electron chi connectivity index (χ1n) is 8.44. The topological polar surface area (TPSA) is 67.8 Å². The molecule has 0 aliphatic carbocycles. The van der Waals surface area contributed by atoms with Gasteiger partial charge in [0.2, 0.25) is 0 Å². The number of hydrogen-bond donors (Lipinski definition) is 2. The van der Waals surface area contributed by atoms with Gasteiger partial charge in [-0.15, -0.1) is 0 Å². The van der Waals surface area contributed by atoms with Crippen molar-refractivity contribution in [3.05, 3.63) is 54.4 Å². The number of methoxy groups -OCH3 is 1. The molecule has 0 spiro atoms. The SMILES string of the molecule is CCNC(=NCc1ccccn1)NCC(C)Oc1ccccc1OC. The van der Waals surface area contributed by atoms with Crippen molar-refractivity contribution in [2.45, 2.75) is 26.5 Å². The highest BCUT2D eigenvalue weighted by Crippen LogP contribution is 2.26. The summed E-state index contributed by atoms with van der Waals surface area (Å²) >= 11 is 0. The van der Waals surface area contributed by atoms with Gasteiger partial charge in [-0.05, 0) is 38.1 Å². The molecule has 1 heterocycles. The predicted octanol–water partition coefficient (Wildman–Crippen LogP) is 2.61. The van der Waals surface area contributed by atoms with E-state index in [0.29, 0.717) is 13.1 Å². The molecule has 2 N–H and O–H groups in total. The van der Waals surface area contributed by atoms with Gasteiger partial charge in [-0.1, -0.05) is 18.2 Å². The average molecular weight is 342 g/mol. The first kappa shape index (κ1) is 18.6. The van der Waals surface area contributed by atoms with Crippen LogP contribution >= 0.6 is 0 Å². The zero-order valence-electron chi connectivity index (χ0n) is 15.0. The molecular formula is C19H26N4O2. The number of nitrogens with one attached hydrogen (secondary N) is 2. The van der Waals surface area contributed by atoms with Crippen LogP contribution in [0.5, 0.6) is 11.5 Å². The highest BCUT2D eigenvalue weighted by atomic mass is 16.5. The van der Waals surface area contributed by atoms with Gasteiger partial charge in [-0.25, -0.2) is 4.99 Å². The molecule has 1 atom stereocenters. The van der Waals surface area contributed by atoms with Gasteiger partial charge < -0.3 is 20.1 Å². The lowest BCUT2D eigenvalue weighted by molar-refractivity contribution is 0.213. The second kappa shape index (κ2) is 10.2. The number of nitrogens with zero attached hydrogens (tertiary/aromatic N) is 2. The quantitative estimate of drug-likeness (QED) is 0.570. The van der Waals surface area contributed by atoms with Crippen molar-refractivity contribution in [3.8, 4) is 11.5 Å². The fourth-order valence-electron chi connectivity index (χ4n) is 2.21. The molecule has 0 amide bonds. The molecule has 1 unspecified atom stereocenters. The summed E-state index contributed by atoms with van der Waals surface area (Å²) < 4.78 is 11.3. The van der Waals surface area contributed by atoms with Crippen molar-refractivity contribution in [1.82, 2.24) is 15.6 Å². The molecule has 0 aliphatic heterocycles. The van der Waals surface area contributed by atoms with Gasteiger partial charge in [0.05, 0.1) is 25.9 Å². The molecule has 0 saturated heterocycles. The number of aliphatic imine (C=N–C) groups is 1. The lowest BCUT2D eigenvalue weighted by Gasteiger charge is -2.19. The first-order valence-corrected chi connectivity index (χ1v) is 8.44. The molecule has 0 fully saturated rings. The number of ether oxygens (including phenoxy) is 2. The molecule has 1 aromatic carbocycles. The van der Waals surface area contributed by atoms with Crippen LogP contribution < -0.4 is 20.1 Å². The summed E-state index contributed by atoms with van der Waals surface area (Å²) in [7, 11) is 1.64. The average Bonchev–Trinajstić information content (AvgIpc) is 2.65. The molecule has 0 aliphatic rings. The minimum absolute atomic E-state index is 0.0463. The van der Waals surface area contributed by atoms with Crippen LogP contribution in [-0.2, 0) is 6.54 Å². The lowest BCUT2D eigenvalue weighted by atomic mass is 10.3. The van der Waals surface area contributed by atoms with E-state index in [0.717, 1.165) is 29.7 Å². The van der Waals surface area contributed by atoms with Gasteiger partial charge in [0.15, 0.2) is 17.5 Å². The van der Waals surface area contributed by atoms with Gasteiger partial charge in [0.25, 0.3) is 0 Å². The lowest BCUT2D eigenvalue weighted by Crippen LogP contribution is -2.41. The normalized spacial score (nSPS) is 12.4. The predicted molar refractivity (Wildman–Crippen MR) is 100 cm³/mol. The van der Waals surface area contributed by atoms with E-state index < -0.39 is 0 Å². The van der Waals surface area contributed by atoms with Crippen molar-refractivity contribution in [1.29, 1.82) is 0 Å². The standard InChI is InChI=1S/C19H26N4O2/c1-4-20-19(23-14-16-9-7-8-12-21-16)22-13-15(2)25-18-11-6-5-10-17(18)24-3/h5-12,15H,4,13-14H2,1-3H3,(H2,20,22,23). The number of hydrogen-bond acceptors (Lipinski definition) is 4. The van der Waals surface area contributed by atoms with Crippen molar-refractivity contribution >= 4 is 5.96 Å². The van der Waals surface area contributed by atoms with E-state index in [1.165, 1.54) is 0 Å². The van der Waals surface area contributed by atoms with E-state index >= 15 is 0 Å². The number of para-hydroxylation sites is 2. The molecule has 2 rings (SSSR count). The van der Waals surface area contributed by atoms with E-state index in [9.17, 15) is 0 Å². The van der Waals surface area contributed by atoms with Crippen LogP contribution in [-0.4, -0.2) is 37.2 Å². The van der Waals surface area contributed by atoms with Crippen LogP contribution in [0.15, 0.2) is 53.7 Å². The second-order valence-corrected chi connectivity index (χ2v) is 5.48. The third-order valence-electron chi connectivity index (χ3n) is 3.42. The summed E-state index contributed by atoms with van der Waals surface area (Å²) in [6, 6.07) is 13.4. The van der Waals surface area contributed by atoms with Crippen molar-refractivity contribution in [2.75, 3.05) is 20.2 Å². The summed E-state index contributed by atoms with van der Waals surface area (Å²) in [4.78, 5) is 8.83. The first-order chi connectivity index (χ1) is 12.2. The summed E-state index contributed by atoms with van der Waals surface area (Å²) in [6.45, 7) is 5.97. The number of guanidine groups is 1. The molecule has 0 saturated carbocycles. The molecular weight excluding hydrogens is 316 g/mol. The van der Waals surface area contributed by atoms with Gasteiger partial charge in [-0.2, -0.15) is 0 Å². The van der Waals surface area contributed by atoms with E-state index in [2.05, 4.69) is 20.6 Å². The van der Waals surface area contributed by atoms with E-state index in [-0.39, 0.29) is 6.10 Å². The van der Waals surface area contributed by atoms with E-state index in [4.69, 9.17) is 9.47 Å². The summed E-state index contributed by atoms with van der Waals surface area (Å²) in [6.07, 6.45) is 1.73. The Morgan fingerprint density at radius 2 is 1.88 bits per heavy atom. The van der Waals surface area contributed by atoms with Crippen LogP contribution in [0.1, 0.15) is 19.5 Å². The third kappa shape index (κ3) is 6.33. The van der Waals surface area contributed by atoms with Gasteiger partial charge >= 0.3 is 0 Å². The van der Waals surface area contributed by atoms with E-state index in [1.54, 1.807) is 13.3 Å². The molecule has 1 aromatic heterocycles. The molecule has 6 heteroatoms. The molecule has 0 bridgehead atoms. The minimum Gasteiger partial charge on any atom is -0.493 e. The Balaban J connectivity index is 1.89. The summed E-state index contributed by atoms with van der Waals surface area (Å²) in [5, 5.41) is 6.52. The molecule has 0 radical (unpaired) electrons. The molecule has 2 aromatic rings. The van der Waals surface area contributed by atoms with Crippen molar-refractivity contribution in [2.24, 2.45) is 4.99 Å². The highest BCUT2D eigenvalue weighted by molar-refractivity contribution is 5.79. The number of pyridine rings is 1. The maximum absolute atomic E-state index is 5.95. The van der Waals surface area contributed by atoms with Crippen LogP contribution in [0.2, 0.25) is 0 Å². The fraction of sp³-hybridized carbons (Fsp3) is 0.368. The maximum atomic E-state index is 5.95. The zero-order valence-corrected chi connectivity index (χ0v) is 15.0. The van der Waals surface area contributed by atoms with Gasteiger partial charge in [0.1, 0.15) is 6.10 Å². The van der Waals surface area contributed by atoms with Gasteiger partial charge in [0, 0.05) is 12.7 Å². The Morgan fingerprint density at radius 3 is 2.56 bits per heavy atom. The monoisotopic (exact) mass is 342 g/mol. The number of aromatic nitrogens is 1. The minimum atomic E-state index is -0.0463. The Kier molecular flexibility index (Phi) is 7.56. The zero-order chi connectivity index (χ0) is 17.9. The molecule has 134 valence electrons. The van der Waals surface area contributed by atoms with Crippen molar-refractivity contribution in [3.63, 3.8) is 0 Å². The molecule has 6 nitrogen and oxygen atoms in total. The summed E-state index contributed by atoms with van der Waals surface area (Å²) in [5.41, 5.74) is 0.929. The second-order valence-electron chi connectivity index (χ2n) is 5.48. The fourth-order valence-corrected chi connectivity index (χ4v) is 2.21. The van der Waals surface area contributed by atoms with Crippen LogP contribution in [0.4, 0.5) is 0 Å². The molecule has 25 heavy (non-hydrogen) atoms. The number of rotatable bonds is 8. The Bertz CT molecular complexity index is 661. The highest BCUT2D eigenvalue weighted by Gasteiger charge is 2.09. The number of benzene rings is 1. The maximum Gasteiger partial charge on any atom is 0.191 e. The van der Waals surface area contributed by atoms with Crippen LogP contribution in [0.25, 0.3) is 0 Å². The third-order valence-corrected chi connectivity index (χ3v) is 3.42. The van der Waals surface area contributed by atoms with Crippen molar-refractivity contribution < 1.29 is 9.47 Å². The Morgan fingerprint density at radius 1 is 1.12 bits per heavy atom. The Labute approximate surface area is 149 Å². The van der Waals surface area contributed by atoms with Gasteiger partial charge in [-0.3, -0.25) is 4.98 Å². The van der Waals surface area contributed by atoms with E-state index in [1.807, 2.05) is 56.3 Å². The largest absolute Gasteiger partial charge is 0.493 e. The summed E-state index contributed by atoms with van der Waals surface area (Å²) in [5.74, 6) is 2.20.